The van der Waals surface area contributed by atoms with Crippen molar-refractivity contribution in [3.8, 4) is 0 Å². The van der Waals surface area contributed by atoms with E-state index in [1.165, 1.54) is 11.1 Å². The van der Waals surface area contributed by atoms with Crippen molar-refractivity contribution < 1.29 is 9.53 Å². The summed E-state index contributed by atoms with van der Waals surface area (Å²) in [6.45, 7) is 2.20. The fourth-order valence-corrected chi connectivity index (χ4v) is 2.48. The molecule has 1 saturated heterocycles. The fourth-order valence-electron chi connectivity index (χ4n) is 2.34. The number of nitrogens with zero attached hydrogens (tertiary/aromatic N) is 3. The number of carbonyl (C=O) groups excluding carboxylic acids is 1. The van der Waals surface area contributed by atoms with Gasteiger partial charge in [-0.05, 0) is 30.2 Å². The third-order valence-corrected chi connectivity index (χ3v) is 3.57. The SMILES string of the molecule is C[C@@]1(c2ccccc2)COC(=O)N1c1ccnc(Cl)n1. The molecule has 0 unspecified atom stereocenters. The maximum Gasteiger partial charge on any atom is 0.416 e. The van der Waals surface area contributed by atoms with Crippen molar-refractivity contribution in [3.05, 3.63) is 53.4 Å². The highest BCUT2D eigenvalue weighted by molar-refractivity contribution is 6.28. The van der Waals surface area contributed by atoms with Gasteiger partial charge in [0.25, 0.3) is 0 Å². The summed E-state index contributed by atoms with van der Waals surface area (Å²) in [5.74, 6) is 0.429. The Morgan fingerprint density at radius 2 is 2.05 bits per heavy atom. The molecule has 0 bridgehead atoms. The summed E-state index contributed by atoms with van der Waals surface area (Å²) in [6, 6.07) is 11.3. The van der Waals surface area contributed by atoms with E-state index >= 15 is 0 Å². The lowest BCUT2D eigenvalue weighted by Gasteiger charge is -2.31. The average molecular weight is 290 g/mol. The molecule has 1 atom stereocenters. The number of carbonyl (C=O) groups is 1. The minimum Gasteiger partial charge on any atom is -0.446 e. The number of hydrogen-bond donors (Lipinski definition) is 0. The number of amides is 1. The highest BCUT2D eigenvalue weighted by Gasteiger charge is 2.46. The number of halogens is 1. The molecule has 5 nitrogen and oxygen atoms in total. The van der Waals surface area contributed by atoms with E-state index in [0.29, 0.717) is 5.82 Å². The fraction of sp³-hybridized carbons (Fsp3) is 0.214. The van der Waals surface area contributed by atoms with Crippen molar-refractivity contribution in [1.29, 1.82) is 0 Å². The predicted molar refractivity (Wildman–Crippen MR) is 74.7 cm³/mol. The third-order valence-electron chi connectivity index (χ3n) is 3.39. The summed E-state index contributed by atoms with van der Waals surface area (Å²) >= 11 is 5.81. The van der Waals surface area contributed by atoms with E-state index in [2.05, 4.69) is 9.97 Å². The second-order valence-corrected chi connectivity index (χ2v) is 5.05. The van der Waals surface area contributed by atoms with Crippen molar-refractivity contribution in [3.63, 3.8) is 0 Å². The Hall–Kier alpha value is -2.14. The minimum absolute atomic E-state index is 0.0950. The van der Waals surface area contributed by atoms with E-state index in [0.717, 1.165) is 5.56 Å². The number of hydrogen-bond acceptors (Lipinski definition) is 4. The molecule has 0 saturated carbocycles. The lowest BCUT2D eigenvalue weighted by atomic mass is 9.92. The zero-order valence-electron chi connectivity index (χ0n) is 10.8. The molecule has 1 amide bonds. The normalized spacial score (nSPS) is 21.9. The molecule has 3 rings (SSSR count). The molecule has 1 aliphatic rings. The van der Waals surface area contributed by atoms with Gasteiger partial charge in [-0.2, -0.15) is 0 Å². The van der Waals surface area contributed by atoms with Gasteiger partial charge < -0.3 is 4.74 Å². The first-order chi connectivity index (χ1) is 9.61. The van der Waals surface area contributed by atoms with Crippen LogP contribution in [0.4, 0.5) is 10.6 Å². The molecule has 0 spiro atoms. The maximum absolute atomic E-state index is 12.1. The van der Waals surface area contributed by atoms with Gasteiger partial charge in [-0.1, -0.05) is 30.3 Å². The van der Waals surface area contributed by atoms with Crippen LogP contribution in [0.3, 0.4) is 0 Å². The van der Waals surface area contributed by atoms with Gasteiger partial charge >= 0.3 is 6.09 Å². The largest absolute Gasteiger partial charge is 0.446 e. The summed E-state index contributed by atoms with van der Waals surface area (Å²) in [6.07, 6.45) is 1.08. The molecular weight excluding hydrogens is 278 g/mol. The number of aromatic nitrogens is 2. The molecule has 2 aromatic rings. The van der Waals surface area contributed by atoms with Gasteiger partial charge in [-0.15, -0.1) is 0 Å². The van der Waals surface area contributed by atoms with Gasteiger partial charge in [0.05, 0.1) is 0 Å². The first kappa shape index (κ1) is 12.9. The van der Waals surface area contributed by atoms with Crippen LogP contribution >= 0.6 is 11.6 Å². The van der Waals surface area contributed by atoms with E-state index in [1.54, 1.807) is 6.07 Å². The molecule has 0 radical (unpaired) electrons. The van der Waals surface area contributed by atoms with Gasteiger partial charge in [0.15, 0.2) is 0 Å². The smallest absolute Gasteiger partial charge is 0.416 e. The van der Waals surface area contributed by atoms with E-state index in [1.807, 2.05) is 37.3 Å². The predicted octanol–water partition coefficient (Wildman–Crippen LogP) is 3.00. The molecule has 0 aliphatic carbocycles. The van der Waals surface area contributed by atoms with E-state index < -0.39 is 11.6 Å². The summed E-state index contributed by atoms with van der Waals surface area (Å²) in [4.78, 5) is 21.5. The molecule has 6 heteroatoms. The first-order valence-corrected chi connectivity index (χ1v) is 6.50. The van der Waals surface area contributed by atoms with Crippen LogP contribution in [-0.2, 0) is 10.3 Å². The summed E-state index contributed by atoms with van der Waals surface area (Å²) in [5, 5.41) is 0.0950. The van der Waals surface area contributed by atoms with Gasteiger partial charge in [0, 0.05) is 6.20 Å². The lowest BCUT2D eigenvalue weighted by Crippen LogP contribution is -2.42. The zero-order chi connectivity index (χ0) is 14.2. The van der Waals surface area contributed by atoms with Crippen LogP contribution in [0.2, 0.25) is 5.28 Å². The summed E-state index contributed by atoms with van der Waals surface area (Å²) in [5.41, 5.74) is 0.358. The monoisotopic (exact) mass is 289 g/mol. The highest BCUT2D eigenvalue weighted by Crippen LogP contribution is 2.37. The van der Waals surface area contributed by atoms with Gasteiger partial charge in [0.1, 0.15) is 18.0 Å². The van der Waals surface area contributed by atoms with Gasteiger partial charge in [-0.3, -0.25) is 0 Å². The summed E-state index contributed by atoms with van der Waals surface area (Å²) < 4.78 is 5.21. The topological polar surface area (TPSA) is 55.3 Å². The third kappa shape index (κ3) is 2.00. The molecule has 0 N–H and O–H groups in total. The van der Waals surface area contributed by atoms with Crippen LogP contribution in [0.25, 0.3) is 0 Å². The quantitative estimate of drug-likeness (QED) is 0.798. The number of rotatable bonds is 2. The Bertz CT molecular complexity index is 650. The Morgan fingerprint density at radius 1 is 1.30 bits per heavy atom. The minimum atomic E-state index is -0.615. The highest BCUT2D eigenvalue weighted by atomic mass is 35.5. The van der Waals surface area contributed by atoms with E-state index in [9.17, 15) is 4.79 Å². The number of cyclic esters (lactones) is 1. The van der Waals surface area contributed by atoms with Crippen LogP contribution in [0.5, 0.6) is 0 Å². The number of anilines is 1. The maximum atomic E-state index is 12.1. The van der Waals surface area contributed by atoms with Crippen molar-refractivity contribution in [1.82, 2.24) is 9.97 Å². The van der Waals surface area contributed by atoms with E-state index in [-0.39, 0.29) is 11.9 Å². The molecule has 1 aliphatic heterocycles. The molecule has 102 valence electrons. The molecule has 1 fully saturated rings. The lowest BCUT2D eigenvalue weighted by molar-refractivity contribution is 0.174. The Morgan fingerprint density at radius 3 is 2.75 bits per heavy atom. The van der Waals surface area contributed by atoms with Crippen molar-refractivity contribution in [2.75, 3.05) is 11.5 Å². The second kappa shape index (κ2) is 4.76. The van der Waals surface area contributed by atoms with Gasteiger partial charge in [0.2, 0.25) is 5.28 Å². The molecular formula is C14H12ClN3O2. The van der Waals surface area contributed by atoms with Crippen LogP contribution in [0.15, 0.2) is 42.6 Å². The van der Waals surface area contributed by atoms with E-state index in [4.69, 9.17) is 16.3 Å². The van der Waals surface area contributed by atoms with Crippen LogP contribution < -0.4 is 4.90 Å². The van der Waals surface area contributed by atoms with Crippen molar-refractivity contribution >= 4 is 23.5 Å². The molecule has 1 aromatic carbocycles. The zero-order valence-corrected chi connectivity index (χ0v) is 11.5. The number of ether oxygens (including phenoxy) is 1. The second-order valence-electron chi connectivity index (χ2n) is 4.71. The molecule has 20 heavy (non-hydrogen) atoms. The van der Waals surface area contributed by atoms with Crippen molar-refractivity contribution in [2.45, 2.75) is 12.5 Å². The molecule has 2 heterocycles. The standard InChI is InChI=1S/C14H12ClN3O2/c1-14(10-5-3-2-4-6-10)9-20-13(19)18(14)11-7-8-16-12(15)17-11/h2-8H,9H2,1H3/t14-/m0/s1. The van der Waals surface area contributed by atoms with Crippen LogP contribution in [0.1, 0.15) is 12.5 Å². The Balaban J connectivity index is 2.09. The van der Waals surface area contributed by atoms with Crippen LogP contribution in [-0.4, -0.2) is 22.7 Å². The molecule has 1 aromatic heterocycles. The Labute approximate surface area is 121 Å². The van der Waals surface area contributed by atoms with Crippen LogP contribution in [0, 0.1) is 0 Å². The average Bonchev–Trinajstić information content (AvgIpc) is 2.77. The first-order valence-electron chi connectivity index (χ1n) is 6.12. The summed E-state index contributed by atoms with van der Waals surface area (Å²) in [7, 11) is 0. The van der Waals surface area contributed by atoms with Gasteiger partial charge in [-0.25, -0.2) is 19.7 Å². The van der Waals surface area contributed by atoms with Crippen molar-refractivity contribution in [2.24, 2.45) is 0 Å². The number of benzene rings is 1. The Kier molecular flexibility index (Phi) is 3.06.